The van der Waals surface area contributed by atoms with Crippen molar-refractivity contribution in [2.24, 2.45) is 5.92 Å². The molecule has 0 bridgehead atoms. The number of hydrogen-bond acceptors (Lipinski definition) is 4. The number of para-hydroxylation sites is 1. The molecule has 1 aliphatic carbocycles. The summed E-state index contributed by atoms with van der Waals surface area (Å²) in [5, 5.41) is 15.6. The van der Waals surface area contributed by atoms with Gasteiger partial charge in [0.25, 0.3) is 0 Å². The summed E-state index contributed by atoms with van der Waals surface area (Å²) in [6.45, 7) is 8.47. The summed E-state index contributed by atoms with van der Waals surface area (Å²) < 4.78 is 22.3. The van der Waals surface area contributed by atoms with Crippen LogP contribution in [-0.2, 0) is 32.5 Å². The predicted molar refractivity (Wildman–Crippen MR) is 150 cm³/mol. The first-order chi connectivity index (χ1) is 18.6. The molecule has 0 radical (unpaired) electrons. The highest BCUT2D eigenvalue weighted by molar-refractivity contribution is 5.86. The zero-order valence-electron chi connectivity index (χ0n) is 22.6. The van der Waals surface area contributed by atoms with E-state index in [2.05, 4.69) is 59.0 Å². The minimum atomic E-state index is -0.612. The number of fused-ring (bicyclic) bond motifs is 3. The number of aromatic nitrogens is 1. The average Bonchev–Trinajstić information content (AvgIpc) is 3.51. The standard InChI is InChI=1S/C32H40FN3O2/c1-3-5-17-35(4-2)22-27-15-14-26(38-27)20-34-32(37)24-13-16-31-29(19-24)28-11-6-7-12-30(28)36(31)21-23-9-8-10-25(33)18-23/h6-12,14-15,18,24,32,34,37H,3-5,13,16-17,19-22H2,1-2H3. The minimum Gasteiger partial charge on any atom is -0.463 e. The predicted octanol–water partition coefficient (Wildman–Crippen LogP) is 6.26. The van der Waals surface area contributed by atoms with Gasteiger partial charge < -0.3 is 14.1 Å². The topological polar surface area (TPSA) is 53.6 Å². The second kappa shape index (κ2) is 12.3. The number of rotatable bonds is 12. The summed E-state index contributed by atoms with van der Waals surface area (Å²) in [5.41, 5.74) is 4.75. The fraction of sp³-hybridized carbons (Fsp3) is 0.438. The molecule has 202 valence electrons. The minimum absolute atomic E-state index is 0.120. The lowest BCUT2D eigenvalue weighted by Gasteiger charge is -2.28. The average molecular weight is 518 g/mol. The Labute approximate surface area is 225 Å². The van der Waals surface area contributed by atoms with Crippen LogP contribution in [0.2, 0.25) is 0 Å². The molecule has 0 spiro atoms. The van der Waals surface area contributed by atoms with Crippen molar-refractivity contribution in [2.75, 3.05) is 13.1 Å². The fourth-order valence-electron chi connectivity index (χ4n) is 5.82. The maximum Gasteiger partial charge on any atom is 0.123 e. The Bertz CT molecular complexity index is 1340. The molecule has 6 heteroatoms. The van der Waals surface area contributed by atoms with E-state index in [9.17, 15) is 9.50 Å². The monoisotopic (exact) mass is 517 g/mol. The second-order valence-corrected chi connectivity index (χ2v) is 10.6. The largest absolute Gasteiger partial charge is 0.463 e. The summed E-state index contributed by atoms with van der Waals surface area (Å²) in [4.78, 5) is 2.40. The van der Waals surface area contributed by atoms with E-state index in [1.165, 1.54) is 41.1 Å². The second-order valence-electron chi connectivity index (χ2n) is 10.6. The van der Waals surface area contributed by atoms with Gasteiger partial charge in [-0.1, -0.05) is 50.6 Å². The number of nitrogens with zero attached hydrogens (tertiary/aromatic N) is 2. The molecule has 4 aromatic rings. The van der Waals surface area contributed by atoms with E-state index in [-0.39, 0.29) is 11.7 Å². The molecule has 5 rings (SSSR count). The quantitative estimate of drug-likeness (QED) is 0.218. The van der Waals surface area contributed by atoms with Crippen LogP contribution >= 0.6 is 0 Å². The zero-order valence-corrected chi connectivity index (χ0v) is 22.6. The molecule has 2 N–H and O–H groups in total. The highest BCUT2D eigenvalue weighted by atomic mass is 19.1. The third kappa shape index (κ3) is 6.04. The van der Waals surface area contributed by atoms with Gasteiger partial charge in [-0.25, -0.2) is 4.39 Å². The Morgan fingerprint density at radius 1 is 1.11 bits per heavy atom. The highest BCUT2D eigenvalue weighted by Crippen LogP contribution is 2.36. The molecule has 5 nitrogen and oxygen atoms in total. The number of aliphatic hydroxyl groups excluding tert-OH is 1. The van der Waals surface area contributed by atoms with Crippen LogP contribution in [0, 0.1) is 11.7 Å². The molecule has 0 fully saturated rings. The molecule has 2 unspecified atom stereocenters. The van der Waals surface area contributed by atoms with Gasteiger partial charge in [0.1, 0.15) is 23.6 Å². The molecule has 2 heterocycles. The lowest BCUT2D eigenvalue weighted by atomic mass is 9.85. The van der Waals surface area contributed by atoms with Gasteiger partial charge in [-0.15, -0.1) is 0 Å². The lowest BCUT2D eigenvalue weighted by molar-refractivity contribution is 0.0634. The Morgan fingerprint density at radius 2 is 1.95 bits per heavy atom. The van der Waals surface area contributed by atoms with Crippen LogP contribution in [0.5, 0.6) is 0 Å². The van der Waals surface area contributed by atoms with Gasteiger partial charge >= 0.3 is 0 Å². The first kappa shape index (κ1) is 26.7. The molecule has 0 aliphatic heterocycles. The summed E-state index contributed by atoms with van der Waals surface area (Å²) in [6.07, 6.45) is 4.37. The Balaban J connectivity index is 1.24. The maximum atomic E-state index is 13.8. The van der Waals surface area contributed by atoms with Gasteiger partial charge in [0.05, 0.1) is 13.1 Å². The molecule has 0 amide bonds. The van der Waals surface area contributed by atoms with Crippen molar-refractivity contribution < 1.29 is 13.9 Å². The summed E-state index contributed by atoms with van der Waals surface area (Å²) >= 11 is 0. The molecular formula is C32H40FN3O2. The number of nitrogens with one attached hydrogen (secondary N) is 1. The number of aliphatic hydroxyl groups is 1. The van der Waals surface area contributed by atoms with Gasteiger partial charge in [-0.3, -0.25) is 10.2 Å². The van der Waals surface area contributed by atoms with Crippen LogP contribution in [0.15, 0.2) is 65.1 Å². The van der Waals surface area contributed by atoms with Crippen molar-refractivity contribution in [1.82, 2.24) is 14.8 Å². The van der Waals surface area contributed by atoms with Crippen LogP contribution < -0.4 is 5.32 Å². The molecular weight excluding hydrogens is 477 g/mol. The number of halogens is 1. The van der Waals surface area contributed by atoms with E-state index >= 15 is 0 Å². The molecule has 0 saturated carbocycles. The third-order valence-corrected chi connectivity index (χ3v) is 7.95. The zero-order chi connectivity index (χ0) is 26.5. The first-order valence-electron chi connectivity index (χ1n) is 14.1. The highest BCUT2D eigenvalue weighted by Gasteiger charge is 2.29. The van der Waals surface area contributed by atoms with Crippen LogP contribution in [0.25, 0.3) is 10.9 Å². The van der Waals surface area contributed by atoms with Crippen LogP contribution in [0.3, 0.4) is 0 Å². The molecule has 38 heavy (non-hydrogen) atoms. The van der Waals surface area contributed by atoms with E-state index in [0.717, 1.165) is 56.0 Å². The van der Waals surface area contributed by atoms with E-state index < -0.39 is 6.23 Å². The van der Waals surface area contributed by atoms with Crippen LogP contribution in [0.4, 0.5) is 4.39 Å². The van der Waals surface area contributed by atoms with Crippen molar-refractivity contribution in [1.29, 1.82) is 0 Å². The lowest BCUT2D eigenvalue weighted by Crippen LogP contribution is -2.38. The maximum absolute atomic E-state index is 13.8. The first-order valence-corrected chi connectivity index (χ1v) is 14.1. The third-order valence-electron chi connectivity index (χ3n) is 7.95. The van der Waals surface area contributed by atoms with Crippen molar-refractivity contribution in [2.45, 2.75) is 71.8 Å². The number of furan rings is 1. The number of unbranched alkanes of at least 4 members (excludes halogenated alkanes) is 1. The van der Waals surface area contributed by atoms with Crippen LogP contribution in [0.1, 0.15) is 61.5 Å². The van der Waals surface area contributed by atoms with Gasteiger partial charge in [-0.2, -0.15) is 0 Å². The van der Waals surface area contributed by atoms with Crippen molar-refractivity contribution in [3.8, 4) is 0 Å². The Morgan fingerprint density at radius 3 is 2.76 bits per heavy atom. The molecule has 0 saturated heterocycles. The van der Waals surface area contributed by atoms with Gasteiger partial charge in [-0.05, 0) is 80.2 Å². The fourth-order valence-corrected chi connectivity index (χ4v) is 5.82. The van der Waals surface area contributed by atoms with Gasteiger partial charge in [0, 0.05) is 29.1 Å². The Kier molecular flexibility index (Phi) is 8.62. The summed E-state index contributed by atoms with van der Waals surface area (Å²) in [7, 11) is 0. The number of hydrogen-bond donors (Lipinski definition) is 2. The normalized spacial score (nSPS) is 16.3. The van der Waals surface area contributed by atoms with E-state index in [1.807, 2.05) is 12.1 Å². The smallest absolute Gasteiger partial charge is 0.123 e. The molecule has 2 aromatic carbocycles. The van der Waals surface area contributed by atoms with Crippen molar-refractivity contribution in [3.05, 3.63) is 94.8 Å². The van der Waals surface area contributed by atoms with Crippen molar-refractivity contribution >= 4 is 10.9 Å². The van der Waals surface area contributed by atoms with Gasteiger partial charge in [0.15, 0.2) is 0 Å². The summed E-state index contributed by atoms with van der Waals surface area (Å²) in [6, 6.07) is 19.4. The van der Waals surface area contributed by atoms with Crippen molar-refractivity contribution in [3.63, 3.8) is 0 Å². The number of benzene rings is 2. The molecule has 2 aromatic heterocycles. The van der Waals surface area contributed by atoms with E-state index in [1.54, 1.807) is 12.1 Å². The molecule has 1 aliphatic rings. The SMILES string of the molecule is CCCCN(CC)Cc1ccc(CNC(O)C2CCc3c(c4ccccc4n3Cc3cccc(F)c3)C2)o1. The molecule has 2 atom stereocenters. The van der Waals surface area contributed by atoms with E-state index in [4.69, 9.17) is 4.42 Å². The van der Waals surface area contributed by atoms with Gasteiger partial charge in [0.2, 0.25) is 0 Å². The summed E-state index contributed by atoms with van der Waals surface area (Å²) in [5.74, 6) is 1.75. The van der Waals surface area contributed by atoms with E-state index in [0.29, 0.717) is 13.1 Å². The van der Waals surface area contributed by atoms with Crippen LogP contribution in [-0.4, -0.2) is 33.9 Å². The Hall–Kier alpha value is -2.93.